The van der Waals surface area contributed by atoms with Crippen molar-refractivity contribution < 1.29 is 19.7 Å². The zero-order valence-electron chi connectivity index (χ0n) is 10.6. The summed E-state index contributed by atoms with van der Waals surface area (Å²) in [5.41, 5.74) is 0.360. The zero-order valence-corrected chi connectivity index (χ0v) is 10.6. The molecule has 18 heavy (non-hydrogen) atoms. The van der Waals surface area contributed by atoms with Crippen molar-refractivity contribution in [3.8, 4) is 11.5 Å². The maximum atomic E-state index is 11.7. The van der Waals surface area contributed by atoms with Gasteiger partial charge < -0.3 is 20.3 Å². The van der Waals surface area contributed by atoms with Crippen LogP contribution in [-0.2, 0) is 0 Å². The summed E-state index contributed by atoms with van der Waals surface area (Å²) in [5, 5.41) is 21.6. The van der Waals surface area contributed by atoms with E-state index in [1.807, 2.05) is 6.92 Å². The third kappa shape index (κ3) is 3.92. The molecule has 5 nitrogen and oxygen atoms in total. The molecule has 0 fully saturated rings. The van der Waals surface area contributed by atoms with E-state index >= 15 is 0 Å². The number of phenols is 1. The molecule has 1 atom stereocenters. The van der Waals surface area contributed by atoms with E-state index in [9.17, 15) is 15.0 Å². The Balaban J connectivity index is 2.54. The molecule has 3 N–H and O–H groups in total. The zero-order chi connectivity index (χ0) is 13.5. The molecule has 5 heteroatoms. The van der Waals surface area contributed by atoms with Crippen LogP contribution in [0.25, 0.3) is 0 Å². The topological polar surface area (TPSA) is 78.8 Å². The maximum Gasteiger partial charge on any atom is 0.251 e. The third-order valence-electron chi connectivity index (χ3n) is 2.68. The Hall–Kier alpha value is -1.75. The molecular formula is C13H19NO4. The van der Waals surface area contributed by atoms with Gasteiger partial charge >= 0.3 is 0 Å². The number of carbonyl (C=O) groups excluding carboxylic acids is 1. The van der Waals surface area contributed by atoms with Crippen LogP contribution in [0.1, 0.15) is 30.1 Å². The summed E-state index contributed by atoms with van der Waals surface area (Å²) in [7, 11) is 1.45. The van der Waals surface area contributed by atoms with Crippen molar-refractivity contribution in [3.63, 3.8) is 0 Å². The number of amides is 1. The van der Waals surface area contributed by atoms with Crippen LogP contribution in [0.2, 0.25) is 0 Å². The average molecular weight is 253 g/mol. The van der Waals surface area contributed by atoms with Crippen molar-refractivity contribution in [1.82, 2.24) is 5.32 Å². The summed E-state index contributed by atoms with van der Waals surface area (Å²) in [6, 6.07) is 4.46. The van der Waals surface area contributed by atoms with Crippen LogP contribution in [0.5, 0.6) is 11.5 Å². The van der Waals surface area contributed by atoms with Gasteiger partial charge in [0.2, 0.25) is 0 Å². The molecule has 100 valence electrons. The Morgan fingerprint density at radius 2 is 2.22 bits per heavy atom. The SMILES string of the molecule is CCC(O)CCNC(=O)c1ccc(OC)c(O)c1. The highest BCUT2D eigenvalue weighted by Gasteiger charge is 2.09. The van der Waals surface area contributed by atoms with Gasteiger partial charge in [0.25, 0.3) is 5.91 Å². The first-order valence-electron chi connectivity index (χ1n) is 5.91. The number of hydrogen-bond acceptors (Lipinski definition) is 4. The number of nitrogens with one attached hydrogen (secondary N) is 1. The van der Waals surface area contributed by atoms with Gasteiger partial charge in [-0.25, -0.2) is 0 Å². The summed E-state index contributed by atoms with van der Waals surface area (Å²) < 4.78 is 4.89. The molecule has 0 spiro atoms. The van der Waals surface area contributed by atoms with Crippen molar-refractivity contribution in [2.24, 2.45) is 0 Å². The minimum atomic E-state index is -0.394. The van der Waals surface area contributed by atoms with Crippen LogP contribution in [0.15, 0.2) is 18.2 Å². The molecular weight excluding hydrogens is 234 g/mol. The number of carbonyl (C=O) groups is 1. The molecule has 0 aromatic heterocycles. The number of aromatic hydroxyl groups is 1. The molecule has 0 aliphatic rings. The standard InChI is InChI=1S/C13H19NO4/c1-3-10(15)6-7-14-13(17)9-4-5-12(18-2)11(16)8-9/h4-5,8,10,15-16H,3,6-7H2,1-2H3,(H,14,17). The molecule has 0 bridgehead atoms. The fourth-order valence-corrected chi connectivity index (χ4v) is 1.49. The molecule has 0 aliphatic carbocycles. The second-order valence-electron chi connectivity index (χ2n) is 3.99. The Morgan fingerprint density at radius 3 is 2.78 bits per heavy atom. The fraction of sp³-hybridized carbons (Fsp3) is 0.462. The van der Waals surface area contributed by atoms with Crippen molar-refractivity contribution >= 4 is 5.91 Å². The predicted molar refractivity (Wildman–Crippen MR) is 67.9 cm³/mol. The van der Waals surface area contributed by atoms with E-state index in [1.165, 1.54) is 19.2 Å². The van der Waals surface area contributed by atoms with Crippen molar-refractivity contribution in [2.75, 3.05) is 13.7 Å². The van der Waals surface area contributed by atoms with Gasteiger partial charge in [-0.15, -0.1) is 0 Å². The van der Waals surface area contributed by atoms with E-state index < -0.39 is 6.10 Å². The van der Waals surface area contributed by atoms with E-state index in [1.54, 1.807) is 6.07 Å². The highest BCUT2D eigenvalue weighted by molar-refractivity contribution is 5.94. The number of benzene rings is 1. The van der Waals surface area contributed by atoms with E-state index in [-0.39, 0.29) is 11.7 Å². The van der Waals surface area contributed by atoms with Crippen LogP contribution >= 0.6 is 0 Å². The fourth-order valence-electron chi connectivity index (χ4n) is 1.49. The van der Waals surface area contributed by atoms with E-state index in [0.717, 1.165) is 0 Å². The third-order valence-corrected chi connectivity index (χ3v) is 2.68. The first-order chi connectivity index (χ1) is 8.58. The van der Waals surface area contributed by atoms with Crippen molar-refractivity contribution in [1.29, 1.82) is 0 Å². The number of hydrogen-bond donors (Lipinski definition) is 3. The highest BCUT2D eigenvalue weighted by atomic mass is 16.5. The molecule has 0 saturated heterocycles. The van der Waals surface area contributed by atoms with Crippen LogP contribution in [0, 0.1) is 0 Å². The Morgan fingerprint density at radius 1 is 1.50 bits per heavy atom. The molecule has 1 rings (SSSR count). The van der Waals surface area contributed by atoms with E-state index in [0.29, 0.717) is 30.7 Å². The number of aliphatic hydroxyl groups excluding tert-OH is 1. The van der Waals surface area contributed by atoms with Crippen molar-refractivity contribution in [3.05, 3.63) is 23.8 Å². The summed E-state index contributed by atoms with van der Waals surface area (Å²) in [4.78, 5) is 11.7. The van der Waals surface area contributed by atoms with Gasteiger partial charge in [-0.05, 0) is 31.0 Å². The van der Waals surface area contributed by atoms with Gasteiger partial charge in [-0.1, -0.05) is 6.92 Å². The van der Waals surface area contributed by atoms with Gasteiger partial charge in [-0.3, -0.25) is 4.79 Å². The van der Waals surface area contributed by atoms with Crippen LogP contribution in [0.3, 0.4) is 0 Å². The monoisotopic (exact) mass is 253 g/mol. The molecule has 1 aromatic rings. The quantitative estimate of drug-likeness (QED) is 0.714. The van der Waals surface area contributed by atoms with Gasteiger partial charge in [0.05, 0.1) is 13.2 Å². The van der Waals surface area contributed by atoms with E-state index in [2.05, 4.69) is 5.32 Å². The minimum absolute atomic E-state index is 0.0706. The minimum Gasteiger partial charge on any atom is -0.504 e. The lowest BCUT2D eigenvalue weighted by Crippen LogP contribution is -2.26. The number of methoxy groups -OCH3 is 1. The van der Waals surface area contributed by atoms with E-state index in [4.69, 9.17) is 4.74 Å². The molecule has 1 unspecified atom stereocenters. The molecule has 0 saturated carbocycles. The molecule has 0 aliphatic heterocycles. The van der Waals surface area contributed by atoms with Crippen molar-refractivity contribution in [2.45, 2.75) is 25.9 Å². The summed E-state index contributed by atoms with van der Waals surface area (Å²) in [6.45, 7) is 2.29. The summed E-state index contributed by atoms with van der Waals surface area (Å²) >= 11 is 0. The Bertz CT molecular complexity index is 406. The predicted octanol–water partition coefficient (Wildman–Crippen LogP) is 1.29. The van der Waals surface area contributed by atoms with Crippen LogP contribution in [-0.4, -0.2) is 35.9 Å². The second-order valence-corrected chi connectivity index (χ2v) is 3.99. The first-order valence-corrected chi connectivity index (χ1v) is 5.91. The number of aliphatic hydroxyl groups is 1. The molecule has 1 aromatic carbocycles. The molecule has 0 radical (unpaired) electrons. The van der Waals surface area contributed by atoms with Crippen LogP contribution in [0.4, 0.5) is 0 Å². The first kappa shape index (κ1) is 14.3. The summed E-state index contributed by atoms with van der Waals surface area (Å²) in [5.74, 6) is -0.0250. The number of ether oxygens (including phenoxy) is 1. The largest absolute Gasteiger partial charge is 0.504 e. The smallest absolute Gasteiger partial charge is 0.251 e. The highest BCUT2D eigenvalue weighted by Crippen LogP contribution is 2.26. The number of phenolic OH excluding ortho intramolecular Hbond substituents is 1. The van der Waals surface area contributed by atoms with Crippen LogP contribution < -0.4 is 10.1 Å². The average Bonchev–Trinajstić information content (AvgIpc) is 2.38. The molecule has 1 amide bonds. The Labute approximate surface area is 106 Å². The van der Waals surface area contributed by atoms with Gasteiger partial charge in [0.1, 0.15) is 0 Å². The Kier molecular flexibility index (Phi) is 5.45. The maximum absolute atomic E-state index is 11.7. The van der Waals surface area contributed by atoms with Gasteiger partial charge in [-0.2, -0.15) is 0 Å². The summed E-state index contributed by atoms with van der Waals surface area (Å²) in [6.07, 6.45) is 0.790. The second kappa shape index (κ2) is 6.86. The lowest BCUT2D eigenvalue weighted by molar-refractivity contribution is 0.0941. The number of rotatable bonds is 6. The lowest BCUT2D eigenvalue weighted by Gasteiger charge is -2.09. The molecule has 0 heterocycles. The lowest BCUT2D eigenvalue weighted by atomic mass is 10.1. The normalized spacial score (nSPS) is 11.9. The van der Waals surface area contributed by atoms with Gasteiger partial charge in [0.15, 0.2) is 11.5 Å². The van der Waals surface area contributed by atoms with Gasteiger partial charge in [0, 0.05) is 12.1 Å².